The quantitative estimate of drug-likeness (QED) is 0.444. The predicted molar refractivity (Wildman–Crippen MR) is 133 cm³/mol. The van der Waals surface area contributed by atoms with Crippen LogP contribution in [-0.4, -0.2) is 68.5 Å². The second-order valence-corrected chi connectivity index (χ2v) is 9.61. The lowest BCUT2D eigenvalue weighted by molar-refractivity contribution is 0.0376. The standard InChI is InChI=1S/C24H29N3O3S2/c1-17-5-10-20(29-2)21-22(17)32-24(25-21)27(12-4-11-26-13-15-30-16-14-26)23(28)18-6-8-19(31-3)9-7-18/h5-10H,4,11-16H2,1-3H3. The van der Waals surface area contributed by atoms with E-state index in [1.807, 2.05) is 47.6 Å². The van der Waals surface area contributed by atoms with Gasteiger partial charge >= 0.3 is 0 Å². The second kappa shape index (κ2) is 10.7. The maximum Gasteiger partial charge on any atom is 0.260 e. The van der Waals surface area contributed by atoms with Gasteiger partial charge in [0.15, 0.2) is 5.13 Å². The van der Waals surface area contributed by atoms with Crippen LogP contribution in [0.5, 0.6) is 5.75 Å². The van der Waals surface area contributed by atoms with E-state index in [4.69, 9.17) is 14.5 Å². The number of carbonyl (C=O) groups excluding carboxylic acids is 1. The Balaban J connectivity index is 1.62. The number of anilines is 1. The molecule has 3 aromatic rings. The molecule has 0 bridgehead atoms. The van der Waals surface area contributed by atoms with Crippen LogP contribution in [0.25, 0.3) is 10.2 Å². The number of carbonyl (C=O) groups is 1. The van der Waals surface area contributed by atoms with Crippen LogP contribution in [0.15, 0.2) is 41.3 Å². The maximum absolute atomic E-state index is 13.6. The molecule has 0 N–H and O–H groups in total. The number of amides is 1. The SMILES string of the molecule is COc1ccc(C)c2sc(N(CCCN3CCOCC3)C(=O)c3ccc(SC)cc3)nc12. The molecule has 1 fully saturated rings. The maximum atomic E-state index is 13.6. The number of aromatic nitrogens is 1. The largest absolute Gasteiger partial charge is 0.494 e. The second-order valence-electron chi connectivity index (χ2n) is 7.75. The highest BCUT2D eigenvalue weighted by Gasteiger charge is 2.23. The molecule has 1 aliphatic heterocycles. The Morgan fingerprint density at radius 1 is 1.22 bits per heavy atom. The van der Waals surface area contributed by atoms with Gasteiger partial charge in [0.2, 0.25) is 0 Å². The van der Waals surface area contributed by atoms with Crippen molar-refractivity contribution in [2.75, 3.05) is 57.7 Å². The lowest BCUT2D eigenvalue weighted by Crippen LogP contribution is -2.39. The monoisotopic (exact) mass is 471 g/mol. The van der Waals surface area contributed by atoms with Crippen LogP contribution in [0.4, 0.5) is 5.13 Å². The Bertz CT molecular complexity index is 1060. The van der Waals surface area contributed by atoms with E-state index in [0.717, 1.165) is 65.7 Å². The zero-order valence-electron chi connectivity index (χ0n) is 18.8. The molecule has 0 saturated carbocycles. The lowest BCUT2D eigenvalue weighted by atomic mass is 10.2. The first-order chi connectivity index (χ1) is 15.6. The van der Waals surface area contributed by atoms with E-state index in [2.05, 4.69) is 11.8 Å². The van der Waals surface area contributed by atoms with Crippen LogP contribution >= 0.6 is 23.1 Å². The van der Waals surface area contributed by atoms with Crippen molar-refractivity contribution in [2.45, 2.75) is 18.2 Å². The number of aryl methyl sites for hydroxylation is 1. The van der Waals surface area contributed by atoms with Crippen molar-refractivity contribution in [1.29, 1.82) is 0 Å². The van der Waals surface area contributed by atoms with Crippen LogP contribution in [0, 0.1) is 6.92 Å². The summed E-state index contributed by atoms with van der Waals surface area (Å²) < 4.78 is 12.0. The van der Waals surface area contributed by atoms with Gasteiger partial charge in [-0.05, 0) is 55.5 Å². The first kappa shape index (κ1) is 23.0. The summed E-state index contributed by atoms with van der Waals surface area (Å²) in [5, 5.41) is 0.716. The average molecular weight is 472 g/mol. The highest BCUT2D eigenvalue weighted by atomic mass is 32.2. The molecule has 6 nitrogen and oxygen atoms in total. The third-order valence-corrected chi connectivity index (χ3v) is 7.64. The first-order valence-electron chi connectivity index (χ1n) is 10.8. The fourth-order valence-electron chi connectivity index (χ4n) is 3.83. The number of rotatable bonds is 8. The smallest absolute Gasteiger partial charge is 0.260 e. The minimum absolute atomic E-state index is 0.0182. The number of hydrogen-bond donors (Lipinski definition) is 0. The Morgan fingerprint density at radius 3 is 2.66 bits per heavy atom. The van der Waals surface area contributed by atoms with Crippen molar-refractivity contribution >= 4 is 44.4 Å². The molecule has 0 atom stereocenters. The molecule has 8 heteroatoms. The molecule has 32 heavy (non-hydrogen) atoms. The molecule has 1 aliphatic rings. The molecule has 1 saturated heterocycles. The molecular formula is C24H29N3O3S2. The Labute approximate surface area is 197 Å². The van der Waals surface area contributed by atoms with E-state index in [-0.39, 0.29) is 5.91 Å². The normalized spacial score (nSPS) is 14.6. The van der Waals surface area contributed by atoms with E-state index in [1.165, 1.54) is 0 Å². The zero-order valence-corrected chi connectivity index (χ0v) is 20.4. The Kier molecular flexibility index (Phi) is 7.67. The molecule has 1 amide bonds. The minimum Gasteiger partial charge on any atom is -0.494 e. The van der Waals surface area contributed by atoms with Crippen molar-refractivity contribution in [2.24, 2.45) is 0 Å². The van der Waals surface area contributed by atoms with E-state index >= 15 is 0 Å². The van der Waals surface area contributed by atoms with Gasteiger partial charge in [0.05, 0.1) is 25.0 Å². The van der Waals surface area contributed by atoms with Gasteiger partial charge in [-0.25, -0.2) is 4.98 Å². The molecule has 1 aromatic heterocycles. The summed E-state index contributed by atoms with van der Waals surface area (Å²) in [6.45, 7) is 7.06. The fourth-order valence-corrected chi connectivity index (χ4v) is 5.31. The number of methoxy groups -OCH3 is 1. The number of hydrogen-bond acceptors (Lipinski definition) is 7. The highest BCUT2D eigenvalue weighted by Crippen LogP contribution is 2.37. The van der Waals surface area contributed by atoms with Gasteiger partial charge in [-0.3, -0.25) is 14.6 Å². The summed E-state index contributed by atoms with van der Waals surface area (Å²) in [6, 6.07) is 11.8. The summed E-state index contributed by atoms with van der Waals surface area (Å²) in [5.41, 5.74) is 2.63. The van der Waals surface area contributed by atoms with Gasteiger partial charge in [0, 0.05) is 36.6 Å². The van der Waals surface area contributed by atoms with E-state index in [0.29, 0.717) is 17.2 Å². The molecule has 4 rings (SSSR count). The van der Waals surface area contributed by atoms with Crippen molar-refractivity contribution in [3.05, 3.63) is 47.5 Å². The average Bonchev–Trinajstić information content (AvgIpc) is 3.28. The van der Waals surface area contributed by atoms with Crippen LogP contribution in [0.3, 0.4) is 0 Å². The molecular weight excluding hydrogens is 442 g/mol. The van der Waals surface area contributed by atoms with Crippen LogP contribution in [0.1, 0.15) is 22.3 Å². The third-order valence-electron chi connectivity index (χ3n) is 5.68. The van der Waals surface area contributed by atoms with E-state index in [1.54, 1.807) is 30.2 Å². The van der Waals surface area contributed by atoms with Crippen molar-refractivity contribution in [1.82, 2.24) is 9.88 Å². The summed E-state index contributed by atoms with van der Waals surface area (Å²) >= 11 is 3.22. The number of morpholine rings is 1. The number of fused-ring (bicyclic) bond motifs is 1. The number of benzene rings is 2. The Morgan fingerprint density at radius 2 is 1.97 bits per heavy atom. The van der Waals surface area contributed by atoms with Crippen LogP contribution < -0.4 is 9.64 Å². The first-order valence-corrected chi connectivity index (χ1v) is 12.8. The van der Waals surface area contributed by atoms with Gasteiger partial charge in [-0.15, -0.1) is 11.8 Å². The minimum atomic E-state index is -0.0182. The van der Waals surface area contributed by atoms with E-state index in [9.17, 15) is 4.79 Å². The van der Waals surface area contributed by atoms with E-state index < -0.39 is 0 Å². The zero-order chi connectivity index (χ0) is 22.5. The Hall–Kier alpha value is -2.13. The third kappa shape index (κ3) is 5.09. The van der Waals surface area contributed by atoms with Crippen LogP contribution in [0.2, 0.25) is 0 Å². The van der Waals surface area contributed by atoms with Gasteiger partial charge in [0.1, 0.15) is 11.3 Å². The summed E-state index contributed by atoms with van der Waals surface area (Å²) in [4.78, 5) is 23.8. The predicted octanol–water partition coefficient (Wildman–Crippen LogP) is 4.70. The topological polar surface area (TPSA) is 54.9 Å². The number of thioether (sulfide) groups is 1. The number of ether oxygens (including phenoxy) is 2. The van der Waals surface area contributed by atoms with Gasteiger partial charge in [-0.1, -0.05) is 17.4 Å². The summed E-state index contributed by atoms with van der Waals surface area (Å²) in [7, 11) is 1.65. The molecule has 2 aromatic carbocycles. The fraction of sp³-hybridized carbons (Fsp3) is 0.417. The molecule has 0 spiro atoms. The highest BCUT2D eigenvalue weighted by molar-refractivity contribution is 7.98. The van der Waals surface area contributed by atoms with Crippen LogP contribution in [-0.2, 0) is 4.74 Å². The molecule has 170 valence electrons. The summed E-state index contributed by atoms with van der Waals surface area (Å²) in [6.07, 6.45) is 2.91. The molecule has 0 aliphatic carbocycles. The van der Waals surface area contributed by atoms with Gasteiger partial charge < -0.3 is 9.47 Å². The molecule has 0 radical (unpaired) electrons. The van der Waals surface area contributed by atoms with Crippen molar-refractivity contribution in [3.63, 3.8) is 0 Å². The number of thiazole rings is 1. The van der Waals surface area contributed by atoms with Crippen molar-refractivity contribution < 1.29 is 14.3 Å². The molecule has 0 unspecified atom stereocenters. The van der Waals surface area contributed by atoms with Gasteiger partial charge in [0.25, 0.3) is 5.91 Å². The number of nitrogens with zero attached hydrogens (tertiary/aromatic N) is 3. The molecule has 2 heterocycles. The van der Waals surface area contributed by atoms with Crippen molar-refractivity contribution in [3.8, 4) is 5.75 Å². The summed E-state index contributed by atoms with van der Waals surface area (Å²) in [5.74, 6) is 0.716. The lowest BCUT2D eigenvalue weighted by Gasteiger charge is -2.27. The van der Waals surface area contributed by atoms with Gasteiger partial charge in [-0.2, -0.15) is 0 Å².